The van der Waals surface area contributed by atoms with Crippen molar-refractivity contribution in [2.24, 2.45) is 0 Å². The maximum absolute atomic E-state index is 13.2. The van der Waals surface area contributed by atoms with E-state index in [4.69, 9.17) is 16.7 Å². The summed E-state index contributed by atoms with van der Waals surface area (Å²) in [6, 6.07) is 4.02. The molecule has 0 aliphatic rings. The summed E-state index contributed by atoms with van der Waals surface area (Å²) >= 11 is 5.59. The first kappa shape index (κ1) is 10.4. The Labute approximate surface area is 81.3 Å². The summed E-state index contributed by atoms with van der Waals surface area (Å²) in [6.45, 7) is -0.144. The number of halogens is 2. The molecule has 1 aromatic rings. The fourth-order valence-corrected chi connectivity index (χ4v) is 1.29. The minimum Gasteiger partial charge on any atom is -0.394 e. The highest BCUT2D eigenvalue weighted by Gasteiger charge is 2.12. The quantitative estimate of drug-likeness (QED) is 0.784. The summed E-state index contributed by atoms with van der Waals surface area (Å²) < 4.78 is 13.2. The molecule has 4 heteroatoms. The van der Waals surface area contributed by atoms with Crippen LogP contribution in [0, 0.1) is 5.82 Å². The largest absolute Gasteiger partial charge is 0.394 e. The van der Waals surface area contributed by atoms with Crippen molar-refractivity contribution in [1.29, 1.82) is 0 Å². The molecule has 0 aliphatic carbocycles. The Balaban J connectivity index is 2.99. The van der Waals surface area contributed by atoms with Crippen LogP contribution in [-0.4, -0.2) is 18.8 Å². The number of nitrogens with one attached hydrogen (secondary N) is 1. The predicted molar refractivity (Wildman–Crippen MR) is 50.3 cm³/mol. The Hall–Kier alpha value is -0.640. The van der Waals surface area contributed by atoms with Crippen LogP contribution in [0.1, 0.15) is 11.6 Å². The number of likely N-dealkylation sites (N-methyl/N-ethyl adjacent to an activating group) is 1. The van der Waals surface area contributed by atoms with Crippen LogP contribution >= 0.6 is 11.6 Å². The molecule has 2 N–H and O–H groups in total. The minimum atomic E-state index is -0.402. The molecule has 2 nitrogen and oxygen atoms in total. The SMILES string of the molecule is CNC(CO)c1ccc(Cl)cc1F. The van der Waals surface area contributed by atoms with Gasteiger partial charge in [0.1, 0.15) is 5.82 Å². The first-order valence-corrected chi connectivity index (χ1v) is 4.30. The molecular formula is C9H11ClFNO. The Bertz CT molecular complexity index is 289. The fourth-order valence-electron chi connectivity index (χ4n) is 1.13. The van der Waals surface area contributed by atoms with Crippen molar-refractivity contribution in [3.8, 4) is 0 Å². The van der Waals surface area contributed by atoms with Crippen molar-refractivity contribution in [3.63, 3.8) is 0 Å². The first-order chi connectivity index (χ1) is 6.19. The van der Waals surface area contributed by atoms with Crippen molar-refractivity contribution in [2.75, 3.05) is 13.7 Å². The minimum absolute atomic E-state index is 0.144. The van der Waals surface area contributed by atoms with E-state index in [-0.39, 0.29) is 12.6 Å². The van der Waals surface area contributed by atoms with Gasteiger partial charge >= 0.3 is 0 Å². The van der Waals surface area contributed by atoms with Gasteiger partial charge in [-0.05, 0) is 19.2 Å². The molecule has 0 saturated carbocycles. The third kappa shape index (κ3) is 2.40. The Morgan fingerprint density at radius 1 is 1.62 bits per heavy atom. The van der Waals surface area contributed by atoms with E-state index in [0.29, 0.717) is 10.6 Å². The third-order valence-corrected chi connectivity index (χ3v) is 2.10. The first-order valence-electron chi connectivity index (χ1n) is 3.92. The second-order valence-corrected chi connectivity index (χ2v) is 3.13. The molecule has 0 aromatic heterocycles. The molecule has 0 saturated heterocycles. The van der Waals surface area contributed by atoms with Gasteiger partial charge < -0.3 is 10.4 Å². The molecule has 0 radical (unpaired) electrons. The van der Waals surface area contributed by atoms with Crippen LogP contribution < -0.4 is 5.32 Å². The molecule has 0 spiro atoms. The van der Waals surface area contributed by atoms with Crippen molar-refractivity contribution in [3.05, 3.63) is 34.6 Å². The van der Waals surface area contributed by atoms with Crippen molar-refractivity contribution < 1.29 is 9.50 Å². The molecule has 1 aromatic carbocycles. The number of hydrogen-bond acceptors (Lipinski definition) is 2. The average Bonchev–Trinajstić information content (AvgIpc) is 2.10. The molecule has 13 heavy (non-hydrogen) atoms. The molecule has 1 rings (SSSR count). The second-order valence-electron chi connectivity index (χ2n) is 2.69. The lowest BCUT2D eigenvalue weighted by atomic mass is 10.1. The summed E-state index contributed by atoms with van der Waals surface area (Å²) in [4.78, 5) is 0. The summed E-state index contributed by atoms with van der Waals surface area (Å²) in [6.07, 6.45) is 0. The summed E-state index contributed by atoms with van der Waals surface area (Å²) in [5.74, 6) is -0.402. The van der Waals surface area contributed by atoms with E-state index in [9.17, 15) is 4.39 Å². The number of aliphatic hydroxyl groups is 1. The Kier molecular flexibility index (Phi) is 3.66. The maximum atomic E-state index is 13.2. The predicted octanol–water partition coefficient (Wildman–Crippen LogP) is 1.73. The fraction of sp³-hybridized carbons (Fsp3) is 0.333. The highest BCUT2D eigenvalue weighted by atomic mass is 35.5. The molecular weight excluding hydrogens is 193 g/mol. The lowest BCUT2D eigenvalue weighted by molar-refractivity contribution is 0.248. The Morgan fingerprint density at radius 2 is 2.31 bits per heavy atom. The summed E-state index contributed by atoms with van der Waals surface area (Å²) in [7, 11) is 1.66. The zero-order chi connectivity index (χ0) is 9.84. The van der Waals surface area contributed by atoms with Gasteiger partial charge in [-0.25, -0.2) is 4.39 Å². The van der Waals surface area contributed by atoms with Gasteiger partial charge in [0.25, 0.3) is 0 Å². The van der Waals surface area contributed by atoms with Crippen LogP contribution in [0.3, 0.4) is 0 Å². The third-order valence-electron chi connectivity index (χ3n) is 1.87. The smallest absolute Gasteiger partial charge is 0.129 e. The van der Waals surface area contributed by atoms with Crippen LogP contribution in [0.15, 0.2) is 18.2 Å². The number of benzene rings is 1. The zero-order valence-electron chi connectivity index (χ0n) is 7.22. The molecule has 0 heterocycles. The number of rotatable bonds is 3. The lowest BCUT2D eigenvalue weighted by Gasteiger charge is -2.14. The van der Waals surface area contributed by atoms with Gasteiger partial charge in [0, 0.05) is 10.6 Å². The van der Waals surface area contributed by atoms with Crippen LogP contribution in [0.2, 0.25) is 5.02 Å². The summed E-state index contributed by atoms with van der Waals surface area (Å²) in [5.41, 5.74) is 0.425. The molecule has 1 atom stereocenters. The van der Waals surface area contributed by atoms with E-state index in [1.165, 1.54) is 6.07 Å². The maximum Gasteiger partial charge on any atom is 0.129 e. The number of hydrogen-bond donors (Lipinski definition) is 2. The van der Waals surface area contributed by atoms with Crippen LogP contribution in [-0.2, 0) is 0 Å². The van der Waals surface area contributed by atoms with E-state index in [1.54, 1.807) is 19.2 Å². The molecule has 0 bridgehead atoms. The van der Waals surface area contributed by atoms with E-state index < -0.39 is 5.82 Å². The van der Waals surface area contributed by atoms with Gasteiger partial charge in [0.2, 0.25) is 0 Å². The topological polar surface area (TPSA) is 32.3 Å². The highest BCUT2D eigenvalue weighted by Crippen LogP contribution is 2.20. The van der Waals surface area contributed by atoms with Crippen LogP contribution in [0.4, 0.5) is 4.39 Å². The molecule has 0 fully saturated rings. The second kappa shape index (κ2) is 4.56. The van der Waals surface area contributed by atoms with Crippen molar-refractivity contribution in [1.82, 2.24) is 5.32 Å². The lowest BCUT2D eigenvalue weighted by Crippen LogP contribution is -2.21. The van der Waals surface area contributed by atoms with Gasteiger partial charge in [-0.3, -0.25) is 0 Å². The average molecular weight is 204 g/mol. The molecule has 72 valence electrons. The zero-order valence-corrected chi connectivity index (χ0v) is 7.98. The monoisotopic (exact) mass is 203 g/mol. The van der Waals surface area contributed by atoms with E-state index >= 15 is 0 Å². The number of aliphatic hydroxyl groups excluding tert-OH is 1. The van der Waals surface area contributed by atoms with Gasteiger partial charge in [0.15, 0.2) is 0 Å². The van der Waals surface area contributed by atoms with E-state index in [0.717, 1.165) is 0 Å². The van der Waals surface area contributed by atoms with Crippen molar-refractivity contribution in [2.45, 2.75) is 6.04 Å². The van der Waals surface area contributed by atoms with Gasteiger partial charge in [-0.1, -0.05) is 17.7 Å². The van der Waals surface area contributed by atoms with Crippen molar-refractivity contribution >= 4 is 11.6 Å². The van der Waals surface area contributed by atoms with Crippen LogP contribution in [0.5, 0.6) is 0 Å². The van der Waals surface area contributed by atoms with Crippen LogP contribution in [0.25, 0.3) is 0 Å². The standard InChI is InChI=1S/C9H11ClFNO/c1-12-9(5-13)7-3-2-6(10)4-8(7)11/h2-4,9,12-13H,5H2,1H3. The molecule has 0 aliphatic heterocycles. The normalized spacial score (nSPS) is 12.9. The molecule has 1 unspecified atom stereocenters. The highest BCUT2D eigenvalue weighted by molar-refractivity contribution is 6.30. The Morgan fingerprint density at radius 3 is 2.77 bits per heavy atom. The van der Waals surface area contributed by atoms with E-state index in [1.807, 2.05) is 0 Å². The van der Waals surface area contributed by atoms with Gasteiger partial charge in [0.05, 0.1) is 12.6 Å². The molecule has 0 amide bonds. The van der Waals surface area contributed by atoms with Gasteiger partial charge in [-0.15, -0.1) is 0 Å². The van der Waals surface area contributed by atoms with Gasteiger partial charge in [-0.2, -0.15) is 0 Å². The van der Waals surface area contributed by atoms with E-state index in [2.05, 4.69) is 5.32 Å². The summed E-state index contributed by atoms with van der Waals surface area (Å²) in [5, 5.41) is 12.1.